The fourth-order valence-electron chi connectivity index (χ4n) is 9.53. The van der Waals surface area contributed by atoms with E-state index in [1.54, 1.807) is 0 Å². The maximum Gasteiger partial charge on any atom is 0.326 e. The van der Waals surface area contributed by atoms with Gasteiger partial charge in [-0.05, 0) is 116 Å². The highest BCUT2D eigenvalue weighted by Gasteiger charge is 2.60. The number of aliphatic hydroxyl groups is 1. The van der Waals surface area contributed by atoms with E-state index in [1.165, 1.54) is 44.9 Å². The summed E-state index contributed by atoms with van der Waals surface area (Å²) in [5.41, 5.74) is 0.790. The van der Waals surface area contributed by atoms with E-state index in [2.05, 4.69) is 26.1 Å². The Bertz CT molecular complexity index is 767. The van der Waals surface area contributed by atoms with Crippen LogP contribution < -0.4 is 5.32 Å². The van der Waals surface area contributed by atoms with Gasteiger partial charge in [-0.15, -0.1) is 0 Å². The third-order valence-electron chi connectivity index (χ3n) is 11.5. The number of aliphatic carboxylic acids is 1. The molecule has 4 fully saturated rings. The molecule has 10 atom stereocenters. The van der Waals surface area contributed by atoms with E-state index in [1.807, 2.05) is 13.8 Å². The second-order valence-electron chi connectivity index (χ2n) is 13.5. The first-order valence-electron chi connectivity index (χ1n) is 14.2. The Hall–Kier alpha value is -1.10. The van der Waals surface area contributed by atoms with E-state index in [0.29, 0.717) is 35.0 Å². The highest BCUT2D eigenvalue weighted by atomic mass is 16.4. The highest BCUT2D eigenvalue weighted by molar-refractivity contribution is 5.83. The molecule has 4 aliphatic rings. The van der Waals surface area contributed by atoms with Crippen molar-refractivity contribution >= 4 is 11.9 Å². The Morgan fingerprint density at radius 1 is 0.941 bits per heavy atom. The topological polar surface area (TPSA) is 86.6 Å². The molecule has 3 N–H and O–H groups in total. The minimum atomic E-state index is -0.949. The minimum absolute atomic E-state index is 0.0799. The van der Waals surface area contributed by atoms with E-state index in [9.17, 15) is 19.8 Å². The normalized spacial score (nSPS) is 43.4. The van der Waals surface area contributed by atoms with Crippen molar-refractivity contribution in [3.8, 4) is 0 Å². The van der Waals surface area contributed by atoms with E-state index in [0.717, 1.165) is 37.0 Å². The van der Waals surface area contributed by atoms with Crippen molar-refractivity contribution in [3.63, 3.8) is 0 Å². The van der Waals surface area contributed by atoms with Gasteiger partial charge in [-0.3, -0.25) is 4.79 Å². The number of nitrogens with one attached hydrogen (secondary N) is 1. The fourth-order valence-corrected chi connectivity index (χ4v) is 9.53. The van der Waals surface area contributed by atoms with E-state index in [4.69, 9.17) is 0 Å². The van der Waals surface area contributed by atoms with Crippen molar-refractivity contribution in [2.24, 2.45) is 52.3 Å². The molecule has 5 nitrogen and oxygen atoms in total. The lowest BCUT2D eigenvalue weighted by atomic mass is 9.44. The van der Waals surface area contributed by atoms with E-state index >= 15 is 0 Å². The van der Waals surface area contributed by atoms with Crippen LogP contribution in [0, 0.1) is 52.3 Å². The van der Waals surface area contributed by atoms with Crippen LogP contribution >= 0.6 is 0 Å². The smallest absolute Gasteiger partial charge is 0.326 e. The van der Waals surface area contributed by atoms with Crippen molar-refractivity contribution in [2.75, 3.05) is 0 Å². The van der Waals surface area contributed by atoms with E-state index in [-0.39, 0.29) is 17.9 Å². The van der Waals surface area contributed by atoms with Gasteiger partial charge < -0.3 is 15.5 Å². The molecule has 0 aromatic carbocycles. The van der Waals surface area contributed by atoms with Crippen LogP contribution in [0.4, 0.5) is 0 Å². The second kappa shape index (κ2) is 9.75. The zero-order valence-corrected chi connectivity index (χ0v) is 22.2. The van der Waals surface area contributed by atoms with Gasteiger partial charge in [0.2, 0.25) is 5.91 Å². The molecule has 34 heavy (non-hydrogen) atoms. The lowest BCUT2D eigenvalue weighted by Crippen LogP contribution is -2.54. The van der Waals surface area contributed by atoms with Crippen LogP contribution in [-0.2, 0) is 9.59 Å². The number of carbonyl (C=O) groups excluding carboxylic acids is 1. The number of rotatable bonds is 7. The largest absolute Gasteiger partial charge is 0.480 e. The molecule has 4 aliphatic carbocycles. The third kappa shape index (κ3) is 4.55. The van der Waals surface area contributed by atoms with Crippen LogP contribution in [0.15, 0.2) is 0 Å². The predicted octanol–water partition coefficient (Wildman–Crippen LogP) is 5.65. The summed E-state index contributed by atoms with van der Waals surface area (Å²) in [7, 11) is 0. The van der Waals surface area contributed by atoms with Gasteiger partial charge in [-0.2, -0.15) is 0 Å². The standard InChI is InChI=1S/C29H49NO4/c1-17(2)26(27(33)34)30-25(32)11-6-18(3)22-9-10-23-21-8-7-19-16-20(31)12-14-28(19,4)24(21)13-15-29(22,23)5/h17-24,26,31H,6-16H2,1-5H3,(H,30,32)(H,33,34)/t18-,19?,20-,21+,22-,23+,24+,26+,28+,29-/m1/s1. The molecule has 0 bridgehead atoms. The average Bonchev–Trinajstić information content (AvgIpc) is 3.13. The molecule has 1 amide bonds. The number of hydrogen-bond acceptors (Lipinski definition) is 3. The molecule has 0 aromatic rings. The molecule has 0 radical (unpaired) electrons. The van der Waals surface area contributed by atoms with Gasteiger partial charge in [-0.1, -0.05) is 34.6 Å². The first-order chi connectivity index (χ1) is 16.0. The molecule has 0 spiro atoms. The Kier molecular flexibility index (Phi) is 7.45. The summed E-state index contributed by atoms with van der Waals surface area (Å²) in [5, 5.41) is 22.4. The van der Waals surface area contributed by atoms with Gasteiger partial charge in [0.15, 0.2) is 0 Å². The van der Waals surface area contributed by atoms with Crippen LogP contribution in [0.25, 0.3) is 0 Å². The van der Waals surface area contributed by atoms with Crippen molar-refractivity contribution in [3.05, 3.63) is 0 Å². The van der Waals surface area contributed by atoms with Crippen molar-refractivity contribution in [1.29, 1.82) is 0 Å². The number of carboxylic acids is 1. The van der Waals surface area contributed by atoms with Crippen LogP contribution in [-0.4, -0.2) is 34.2 Å². The van der Waals surface area contributed by atoms with Crippen molar-refractivity contribution in [1.82, 2.24) is 5.32 Å². The molecule has 0 heterocycles. The number of hydrogen-bond donors (Lipinski definition) is 3. The molecule has 4 rings (SSSR count). The molecule has 1 unspecified atom stereocenters. The molecule has 4 saturated carbocycles. The summed E-state index contributed by atoms with van der Waals surface area (Å²) in [4.78, 5) is 24.0. The number of fused-ring (bicyclic) bond motifs is 5. The minimum Gasteiger partial charge on any atom is -0.480 e. The summed E-state index contributed by atoms with van der Waals surface area (Å²) in [6.07, 6.45) is 12.3. The van der Waals surface area contributed by atoms with Crippen LogP contribution in [0.1, 0.15) is 105 Å². The molecular weight excluding hydrogens is 426 g/mol. The highest BCUT2D eigenvalue weighted by Crippen LogP contribution is 2.68. The second-order valence-corrected chi connectivity index (χ2v) is 13.5. The monoisotopic (exact) mass is 475 g/mol. The quantitative estimate of drug-likeness (QED) is 0.444. The third-order valence-corrected chi connectivity index (χ3v) is 11.5. The average molecular weight is 476 g/mol. The number of carboxylic acid groups (broad SMARTS) is 1. The fraction of sp³-hybridized carbons (Fsp3) is 0.931. The summed E-state index contributed by atoms with van der Waals surface area (Å²) in [6.45, 7) is 11.1. The van der Waals surface area contributed by atoms with Gasteiger partial charge in [0, 0.05) is 6.42 Å². The molecule has 0 aliphatic heterocycles. The summed E-state index contributed by atoms with van der Waals surface area (Å²) < 4.78 is 0. The molecule has 0 aromatic heterocycles. The van der Waals surface area contributed by atoms with Gasteiger partial charge >= 0.3 is 5.97 Å². The summed E-state index contributed by atoms with van der Waals surface area (Å²) >= 11 is 0. The first kappa shape index (κ1) is 26.0. The first-order valence-corrected chi connectivity index (χ1v) is 14.2. The number of carbonyl (C=O) groups is 2. The Balaban J connectivity index is 1.38. The Morgan fingerprint density at radius 3 is 2.29 bits per heavy atom. The predicted molar refractivity (Wildman–Crippen MR) is 134 cm³/mol. The number of aliphatic hydroxyl groups excluding tert-OH is 1. The SMILES string of the molecule is CC(C)[C@H](NC(=O)CC[C@@H](C)[C@H]1CC[C@H]2[C@@H]3CCC4C[C@H](O)CC[C@]4(C)[C@H]3CC[C@]12C)C(=O)O. The van der Waals surface area contributed by atoms with Crippen molar-refractivity contribution in [2.45, 2.75) is 117 Å². The maximum absolute atomic E-state index is 12.5. The summed E-state index contributed by atoms with van der Waals surface area (Å²) in [5.74, 6) is 3.11. The number of amides is 1. The molecule has 5 heteroatoms. The lowest BCUT2D eigenvalue weighted by Gasteiger charge is -2.61. The van der Waals surface area contributed by atoms with Crippen LogP contribution in [0.5, 0.6) is 0 Å². The van der Waals surface area contributed by atoms with Gasteiger partial charge in [0.25, 0.3) is 0 Å². The molecule has 194 valence electrons. The molecular formula is C29H49NO4. The van der Waals surface area contributed by atoms with E-state index < -0.39 is 12.0 Å². The Morgan fingerprint density at radius 2 is 1.62 bits per heavy atom. The zero-order valence-electron chi connectivity index (χ0n) is 22.2. The van der Waals surface area contributed by atoms with Gasteiger partial charge in [0.1, 0.15) is 6.04 Å². The lowest BCUT2D eigenvalue weighted by molar-refractivity contribution is -0.143. The summed E-state index contributed by atoms with van der Waals surface area (Å²) in [6, 6.07) is -0.802. The Labute approximate surface area is 206 Å². The van der Waals surface area contributed by atoms with Gasteiger partial charge in [-0.25, -0.2) is 4.79 Å². The van der Waals surface area contributed by atoms with Crippen molar-refractivity contribution < 1.29 is 19.8 Å². The maximum atomic E-state index is 12.5. The van der Waals surface area contributed by atoms with Crippen LogP contribution in [0.3, 0.4) is 0 Å². The van der Waals surface area contributed by atoms with Gasteiger partial charge in [0.05, 0.1) is 6.10 Å². The zero-order chi connectivity index (χ0) is 24.8. The molecule has 0 saturated heterocycles. The van der Waals surface area contributed by atoms with Crippen LogP contribution in [0.2, 0.25) is 0 Å².